The lowest BCUT2D eigenvalue weighted by Crippen LogP contribution is -2.35. The van der Waals surface area contributed by atoms with Crippen molar-refractivity contribution >= 4 is 23.5 Å². The number of esters is 2. The van der Waals surface area contributed by atoms with Crippen molar-refractivity contribution < 1.29 is 19.1 Å². The molecular formula is C13H20ClN3O4. The highest BCUT2D eigenvalue weighted by atomic mass is 35.5. The minimum absolute atomic E-state index is 0.0332. The standard InChI is InChI=1S/C13H20ClN3O4/c1-5-9-13(14)10(16(2)15-9)6-17(7-11(18)20-3)8-12(19)21-4/h5-8H2,1-4H3. The number of ether oxygens (including phenoxy) is 2. The summed E-state index contributed by atoms with van der Waals surface area (Å²) in [6.07, 6.45) is 0.709. The predicted octanol–water partition coefficient (Wildman–Crippen LogP) is 0.784. The van der Waals surface area contributed by atoms with Gasteiger partial charge in [0.2, 0.25) is 0 Å². The summed E-state index contributed by atoms with van der Waals surface area (Å²) in [4.78, 5) is 24.5. The molecule has 0 amide bonds. The third-order valence-electron chi connectivity index (χ3n) is 3.04. The number of rotatable bonds is 7. The minimum Gasteiger partial charge on any atom is -0.468 e. The molecule has 1 rings (SSSR count). The van der Waals surface area contributed by atoms with Gasteiger partial charge in [0, 0.05) is 13.6 Å². The summed E-state index contributed by atoms with van der Waals surface area (Å²) >= 11 is 6.27. The molecule has 0 bridgehead atoms. The fourth-order valence-electron chi connectivity index (χ4n) is 1.87. The maximum Gasteiger partial charge on any atom is 0.319 e. The Morgan fingerprint density at radius 1 is 1.24 bits per heavy atom. The van der Waals surface area contributed by atoms with Crippen LogP contribution in [0.4, 0.5) is 0 Å². The molecule has 1 heterocycles. The summed E-state index contributed by atoms with van der Waals surface area (Å²) in [5.74, 6) is -0.874. The maximum absolute atomic E-state index is 11.4. The van der Waals surface area contributed by atoms with E-state index in [-0.39, 0.29) is 13.1 Å². The van der Waals surface area contributed by atoms with E-state index >= 15 is 0 Å². The third kappa shape index (κ3) is 4.71. The Morgan fingerprint density at radius 2 is 1.76 bits per heavy atom. The molecular weight excluding hydrogens is 298 g/mol. The Bertz CT molecular complexity index is 498. The zero-order valence-corrected chi connectivity index (χ0v) is 13.4. The average Bonchev–Trinajstić information content (AvgIpc) is 2.74. The molecule has 0 atom stereocenters. The normalized spacial score (nSPS) is 10.8. The Balaban J connectivity index is 2.91. The molecule has 0 aliphatic heterocycles. The molecule has 0 aliphatic rings. The van der Waals surface area contributed by atoms with Gasteiger partial charge in [0.05, 0.1) is 43.7 Å². The molecule has 0 unspecified atom stereocenters. The summed E-state index contributed by atoms with van der Waals surface area (Å²) in [6, 6.07) is 0. The SMILES string of the molecule is CCc1nn(C)c(CN(CC(=O)OC)CC(=O)OC)c1Cl. The smallest absolute Gasteiger partial charge is 0.319 e. The van der Waals surface area contributed by atoms with Gasteiger partial charge < -0.3 is 9.47 Å². The molecule has 0 aromatic carbocycles. The molecule has 0 N–H and O–H groups in total. The average molecular weight is 318 g/mol. The molecule has 0 radical (unpaired) electrons. The lowest BCUT2D eigenvalue weighted by Gasteiger charge is -2.19. The van der Waals surface area contributed by atoms with Crippen molar-refractivity contribution in [2.75, 3.05) is 27.3 Å². The number of hydrogen-bond acceptors (Lipinski definition) is 6. The predicted molar refractivity (Wildman–Crippen MR) is 76.9 cm³/mol. The molecule has 0 spiro atoms. The highest BCUT2D eigenvalue weighted by molar-refractivity contribution is 6.31. The lowest BCUT2D eigenvalue weighted by molar-refractivity contribution is -0.145. The molecule has 7 nitrogen and oxygen atoms in total. The van der Waals surface area contributed by atoms with Crippen LogP contribution in [0, 0.1) is 0 Å². The molecule has 0 aliphatic carbocycles. The van der Waals surface area contributed by atoms with E-state index in [1.54, 1.807) is 16.6 Å². The van der Waals surface area contributed by atoms with Crippen LogP contribution in [0.25, 0.3) is 0 Å². The molecule has 1 aromatic rings. The Hall–Kier alpha value is -1.60. The van der Waals surface area contributed by atoms with E-state index < -0.39 is 11.9 Å². The number of carbonyl (C=O) groups excluding carboxylic acids is 2. The van der Waals surface area contributed by atoms with Gasteiger partial charge in [-0.1, -0.05) is 18.5 Å². The van der Waals surface area contributed by atoms with E-state index in [9.17, 15) is 9.59 Å². The topological polar surface area (TPSA) is 73.7 Å². The quantitative estimate of drug-likeness (QED) is 0.692. The Kier molecular flexibility index (Phi) is 6.64. The fourth-order valence-corrected chi connectivity index (χ4v) is 2.22. The number of hydrogen-bond donors (Lipinski definition) is 0. The number of methoxy groups -OCH3 is 2. The van der Waals surface area contributed by atoms with Gasteiger partial charge in [-0.3, -0.25) is 19.2 Å². The summed E-state index contributed by atoms with van der Waals surface area (Å²) in [7, 11) is 4.37. The van der Waals surface area contributed by atoms with Crippen LogP contribution in [0.5, 0.6) is 0 Å². The van der Waals surface area contributed by atoms with Gasteiger partial charge in [-0.25, -0.2) is 0 Å². The van der Waals surface area contributed by atoms with Crippen molar-refractivity contribution in [2.24, 2.45) is 7.05 Å². The summed E-state index contributed by atoms with van der Waals surface area (Å²) in [5, 5.41) is 4.86. The lowest BCUT2D eigenvalue weighted by atomic mass is 10.3. The molecule has 21 heavy (non-hydrogen) atoms. The zero-order valence-electron chi connectivity index (χ0n) is 12.7. The number of halogens is 1. The zero-order chi connectivity index (χ0) is 16.0. The summed E-state index contributed by atoms with van der Waals surface area (Å²) < 4.78 is 10.9. The van der Waals surface area contributed by atoms with Crippen molar-refractivity contribution in [2.45, 2.75) is 19.9 Å². The third-order valence-corrected chi connectivity index (χ3v) is 3.47. The van der Waals surface area contributed by atoms with Crippen LogP contribution >= 0.6 is 11.6 Å². The van der Waals surface area contributed by atoms with E-state index in [0.29, 0.717) is 18.0 Å². The van der Waals surface area contributed by atoms with Crippen molar-refractivity contribution in [3.05, 3.63) is 16.4 Å². The monoisotopic (exact) mass is 317 g/mol. The highest BCUT2D eigenvalue weighted by Gasteiger charge is 2.20. The van der Waals surface area contributed by atoms with E-state index in [1.165, 1.54) is 14.2 Å². The van der Waals surface area contributed by atoms with Crippen molar-refractivity contribution in [1.82, 2.24) is 14.7 Å². The van der Waals surface area contributed by atoms with Gasteiger partial charge in [0.25, 0.3) is 0 Å². The first-order valence-corrected chi connectivity index (χ1v) is 6.86. The largest absolute Gasteiger partial charge is 0.468 e. The van der Waals surface area contributed by atoms with Crippen molar-refractivity contribution in [3.8, 4) is 0 Å². The van der Waals surface area contributed by atoms with Crippen molar-refractivity contribution in [1.29, 1.82) is 0 Å². The Morgan fingerprint density at radius 3 is 2.14 bits per heavy atom. The van der Waals surface area contributed by atoms with E-state index in [0.717, 1.165) is 11.4 Å². The van der Waals surface area contributed by atoms with E-state index in [2.05, 4.69) is 14.6 Å². The van der Waals surface area contributed by atoms with Gasteiger partial charge in [0.15, 0.2) is 0 Å². The first-order chi connectivity index (χ1) is 9.92. The number of aromatic nitrogens is 2. The van der Waals surface area contributed by atoms with Crippen LogP contribution in [0.3, 0.4) is 0 Å². The molecule has 1 aromatic heterocycles. The van der Waals surface area contributed by atoms with Crippen LogP contribution in [0.2, 0.25) is 5.02 Å². The van der Waals surface area contributed by atoms with Crippen LogP contribution < -0.4 is 0 Å². The minimum atomic E-state index is -0.437. The van der Waals surface area contributed by atoms with Crippen LogP contribution in [0.1, 0.15) is 18.3 Å². The van der Waals surface area contributed by atoms with Crippen molar-refractivity contribution in [3.63, 3.8) is 0 Å². The summed E-state index contributed by atoms with van der Waals surface area (Å²) in [5.41, 5.74) is 1.52. The first-order valence-electron chi connectivity index (χ1n) is 6.49. The molecule has 0 saturated carbocycles. The van der Waals surface area contributed by atoms with E-state index in [1.807, 2.05) is 6.92 Å². The second kappa shape index (κ2) is 7.99. The maximum atomic E-state index is 11.4. The van der Waals surface area contributed by atoms with Gasteiger partial charge in [0.1, 0.15) is 0 Å². The number of nitrogens with zero attached hydrogens (tertiary/aromatic N) is 3. The highest BCUT2D eigenvalue weighted by Crippen LogP contribution is 2.22. The fraction of sp³-hybridized carbons (Fsp3) is 0.615. The Labute approximate surface area is 128 Å². The van der Waals surface area contributed by atoms with Crippen LogP contribution in [-0.4, -0.2) is 53.9 Å². The molecule has 0 fully saturated rings. The molecule has 118 valence electrons. The number of aryl methyl sites for hydroxylation is 2. The second-order valence-corrected chi connectivity index (χ2v) is 4.86. The van der Waals surface area contributed by atoms with Crippen LogP contribution in [0.15, 0.2) is 0 Å². The van der Waals surface area contributed by atoms with Gasteiger partial charge in [-0.05, 0) is 6.42 Å². The first kappa shape index (κ1) is 17.5. The molecule has 8 heteroatoms. The van der Waals surface area contributed by atoms with Gasteiger partial charge in [-0.2, -0.15) is 5.10 Å². The van der Waals surface area contributed by atoms with Gasteiger partial charge >= 0.3 is 11.9 Å². The van der Waals surface area contributed by atoms with Crippen LogP contribution in [-0.2, 0) is 39.1 Å². The number of carbonyl (C=O) groups is 2. The second-order valence-electron chi connectivity index (χ2n) is 4.48. The molecule has 0 saturated heterocycles. The van der Waals surface area contributed by atoms with Gasteiger partial charge in [-0.15, -0.1) is 0 Å². The summed E-state index contributed by atoms with van der Waals surface area (Å²) in [6.45, 7) is 2.19. The van der Waals surface area contributed by atoms with E-state index in [4.69, 9.17) is 11.6 Å².